The van der Waals surface area contributed by atoms with Crippen molar-refractivity contribution in [2.45, 2.75) is 25.8 Å². The summed E-state index contributed by atoms with van der Waals surface area (Å²) in [6.45, 7) is 1.55. The van der Waals surface area contributed by atoms with Crippen LogP contribution in [0.15, 0.2) is 12.2 Å². The lowest BCUT2D eigenvalue weighted by Crippen LogP contribution is -2.29. The quantitative estimate of drug-likeness (QED) is 0.517. The van der Waals surface area contributed by atoms with E-state index in [1.807, 2.05) is 6.08 Å². The van der Waals surface area contributed by atoms with Crippen LogP contribution in [0.3, 0.4) is 0 Å². The maximum atomic E-state index is 10.5. The number of amides is 1. The normalized spacial score (nSPS) is 24.3. The summed E-state index contributed by atoms with van der Waals surface area (Å²) in [7, 11) is 0. The van der Waals surface area contributed by atoms with Crippen LogP contribution in [0.4, 0.5) is 0 Å². The van der Waals surface area contributed by atoms with E-state index in [9.17, 15) is 4.79 Å². The lowest BCUT2D eigenvalue weighted by Gasteiger charge is -2.06. The number of carbonyl (C=O) groups is 1. The molecule has 0 fully saturated rings. The van der Waals surface area contributed by atoms with Crippen molar-refractivity contribution in [3.8, 4) is 0 Å². The Hall–Kier alpha value is -0.790. The Labute approximate surface area is 54.9 Å². The Kier molecular flexibility index (Phi) is 1.88. The van der Waals surface area contributed by atoms with Crippen LogP contribution in [0.25, 0.3) is 0 Å². The molecule has 0 unspecified atom stereocenters. The van der Waals surface area contributed by atoms with Crippen molar-refractivity contribution in [3.63, 3.8) is 0 Å². The second-order valence-corrected chi connectivity index (χ2v) is 2.31. The van der Waals surface area contributed by atoms with Crippen LogP contribution in [0, 0.1) is 0 Å². The molecular weight excluding hydrogens is 114 g/mol. The number of hydrogen-bond donors (Lipinski definition) is 1. The first kappa shape index (κ1) is 6.33. The van der Waals surface area contributed by atoms with Gasteiger partial charge >= 0.3 is 0 Å². The van der Waals surface area contributed by atoms with Crippen molar-refractivity contribution in [2.24, 2.45) is 0 Å². The fraction of sp³-hybridized carbons (Fsp3) is 0.571. The lowest BCUT2D eigenvalue weighted by atomic mass is 10.2. The van der Waals surface area contributed by atoms with E-state index in [1.165, 1.54) is 0 Å². The van der Waals surface area contributed by atoms with E-state index < -0.39 is 0 Å². The molecule has 0 bridgehead atoms. The Morgan fingerprint density at radius 3 is 3.00 bits per heavy atom. The van der Waals surface area contributed by atoms with Crippen molar-refractivity contribution < 1.29 is 4.79 Å². The van der Waals surface area contributed by atoms with Crippen LogP contribution in [-0.2, 0) is 4.79 Å². The molecule has 0 saturated carbocycles. The third-order valence-electron chi connectivity index (χ3n) is 1.40. The molecule has 1 aliphatic rings. The van der Waals surface area contributed by atoms with Gasteiger partial charge in [-0.2, -0.15) is 0 Å². The van der Waals surface area contributed by atoms with Crippen LogP contribution >= 0.6 is 0 Å². The molecule has 0 heterocycles. The van der Waals surface area contributed by atoms with Gasteiger partial charge in [-0.3, -0.25) is 4.79 Å². The summed E-state index contributed by atoms with van der Waals surface area (Å²) in [6.07, 6.45) is 6.31. The Bertz CT molecular complexity index is 140. The van der Waals surface area contributed by atoms with Crippen molar-refractivity contribution in [2.75, 3.05) is 0 Å². The number of rotatable bonds is 1. The van der Waals surface area contributed by atoms with Gasteiger partial charge in [0.2, 0.25) is 5.91 Å². The third kappa shape index (κ3) is 1.88. The summed E-state index contributed by atoms with van der Waals surface area (Å²) in [5, 5.41) is 2.82. The van der Waals surface area contributed by atoms with Gasteiger partial charge in [-0.25, -0.2) is 0 Å². The third-order valence-corrected chi connectivity index (χ3v) is 1.40. The SMILES string of the molecule is CC(=O)N[C@@H]1C=CCC1. The van der Waals surface area contributed by atoms with E-state index in [0.717, 1.165) is 12.8 Å². The predicted molar refractivity (Wildman–Crippen MR) is 36.0 cm³/mol. The van der Waals surface area contributed by atoms with Crippen molar-refractivity contribution in [1.82, 2.24) is 5.32 Å². The number of nitrogens with one attached hydrogen (secondary N) is 1. The van der Waals surface area contributed by atoms with Crippen molar-refractivity contribution in [3.05, 3.63) is 12.2 Å². The van der Waals surface area contributed by atoms with E-state index in [2.05, 4.69) is 11.4 Å². The Morgan fingerprint density at radius 1 is 1.78 bits per heavy atom. The maximum Gasteiger partial charge on any atom is 0.217 e. The van der Waals surface area contributed by atoms with Gasteiger partial charge in [0, 0.05) is 13.0 Å². The van der Waals surface area contributed by atoms with E-state index >= 15 is 0 Å². The Morgan fingerprint density at radius 2 is 2.56 bits per heavy atom. The molecule has 0 aromatic rings. The van der Waals surface area contributed by atoms with Gasteiger partial charge in [-0.1, -0.05) is 12.2 Å². The largest absolute Gasteiger partial charge is 0.350 e. The van der Waals surface area contributed by atoms with Crippen LogP contribution in [0.5, 0.6) is 0 Å². The van der Waals surface area contributed by atoms with Crippen molar-refractivity contribution >= 4 is 5.91 Å². The molecule has 0 aliphatic heterocycles. The van der Waals surface area contributed by atoms with E-state index in [-0.39, 0.29) is 5.91 Å². The highest BCUT2D eigenvalue weighted by atomic mass is 16.1. The molecule has 2 heteroatoms. The highest BCUT2D eigenvalue weighted by molar-refractivity contribution is 5.73. The maximum absolute atomic E-state index is 10.5. The van der Waals surface area contributed by atoms with E-state index in [0.29, 0.717) is 6.04 Å². The highest BCUT2D eigenvalue weighted by Crippen LogP contribution is 2.07. The molecule has 0 radical (unpaired) electrons. The summed E-state index contributed by atoms with van der Waals surface area (Å²) in [4.78, 5) is 10.5. The zero-order chi connectivity index (χ0) is 6.69. The summed E-state index contributed by atoms with van der Waals surface area (Å²) in [6, 6.07) is 0.308. The van der Waals surface area contributed by atoms with E-state index in [1.54, 1.807) is 6.92 Å². The molecule has 1 atom stereocenters. The van der Waals surface area contributed by atoms with Crippen LogP contribution < -0.4 is 5.32 Å². The minimum atomic E-state index is 0.0616. The summed E-state index contributed by atoms with van der Waals surface area (Å²) >= 11 is 0. The first-order valence-electron chi connectivity index (χ1n) is 3.23. The molecule has 50 valence electrons. The van der Waals surface area contributed by atoms with Gasteiger partial charge in [0.1, 0.15) is 0 Å². The molecule has 0 aromatic heterocycles. The van der Waals surface area contributed by atoms with Crippen LogP contribution in [0.1, 0.15) is 19.8 Å². The molecular formula is C7H11NO. The summed E-state index contributed by atoms with van der Waals surface area (Å²) in [5.41, 5.74) is 0. The van der Waals surface area contributed by atoms with Gasteiger partial charge in [-0.05, 0) is 12.8 Å². The zero-order valence-electron chi connectivity index (χ0n) is 5.55. The Balaban J connectivity index is 2.28. The average molecular weight is 125 g/mol. The molecule has 1 N–H and O–H groups in total. The van der Waals surface area contributed by atoms with Gasteiger partial charge in [0.15, 0.2) is 0 Å². The monoisotopic (exact) mass is 125 g/mol. The molecule has 1 amide bonds. The standard InChI is InChI=1S/C7H11NO/c1-6(9)8-7-4-2-3-5-7/h2,4,7H,3,5H2,1H3,(H,8,9)/t7-/m1/s1. The molecule has 2 nitrogen and oxygen atoms in total. The fourth-order valence-corrected chi connectivity index (χ4v) is 1.01. The first-order chi connectivity index (χ1) is 4.29. The predicted octanol–water partition coefficient (Wildman–Crippen LogP) is 0.841. The molecule has 9 heavy (non-hydrogen) atoms. The summed E-state index contributed by atoms with van der Waals surface area (Å²) in [5.74, 6) is 0.0616. The van der Waals surface area contributed by atoms with Gasteiger partial charge in [0.25, 0.3) is 0 Å². The second kappa shape index (κ2) is 2.67. The molecule has 1 rings (SSSR count). The smallest absolute Gasteiger partial charge is 0.217 e. The van der Waals surface area contributed by atoms with Crippen molar-refractivity contribution in [1.29, 1.82) is 0 Å². The highest BCUT2D eigenvalue weighted by Gasteiger charge is 2.08. The number of hydrogen-bond acceptors (Lipinski definition) is 1. The molecule has 1 aliphatic carbocycles. The average Bonchev–Trinajstić information content (AvgIpc) is 2.15. The van der Waals surface area contributed by atoms with Crippen LogP contribution in [0.2, 0.25) is 0 Å². The lowest BCUT2D eigenvalue weighted by molar-refractivity contribution is -0.119. The topological polar surface area (TPSA) is 29.1 Å². The molecule has 0 saturated heterocycles. The van der Waals surface area contributed by atoms with Crippen LogP contribution in [-0.4, -0.2) is 11.9 Å². The van der Waals surface area contributed by atoms with Gasteiger partial charge < -0.3 is 5.32 Å². The van der Waals surface area contributed by atoms with Gasteiger partial charge in [0.05, 0.1) is 0 Å². The molecule has 0 spiro atoms. The molecule has 0 aromatic carbocycles. The first-order valence-corrected chi connectivity index (χ1v) is 3.23. The second-order valence-electron chi connectivity index (χ2n) is 2.31. The van der Waals surface area contributed by atoms with Gasteiger partial charge in [-0.15, -0.1) is 0 Å². The number of allylic oxidation sites excluding steroid dienone is 1. The van der Waals surface area contributed by atoms with E-state index in [4.69, 9.17) is 0 Å². The minimum Gasteiger partial charge on any atom is -0.350 e. The summed E-state index contributed by atoms with van der Waals surface area (Å²) < 4.78 is 0. The zero-order valence-corrected chi connectivity index (χ0v) is 5.55. The fourth-order valence-electron chi connectivity index (χ4n) is 1.01. The number of carbonyl (C=O) groups excluding carboxylic acids is 1. The minimum absolute atomic E-state index is 0.0616.